The topological polar surface area (TPSA) is 26.3 Å². The highest BCUT2D eigenvalue weighted by Gasteiger charge is 2.19. The third-order valence-corrected chi connectivity index (χ3v) is 1.50. The van der Waals surface area contributed by atoms with E-state index in [1.165, 1.54) is 0 Å². The Balaban J connectivity index is 4.15. The zero-order valence-electron chi connectivity index (χ0n) is 10.4. The molecule has 11 heavy (non-hydrogen) atoms. The SMILES string of the molecule is [2H]C([2H])([2H])C(=O)OC(C)(C)CCCC. The molecule has 0 aromatic rings. The number of hydrogen-bond acceptors (Lipinski definition) is 2. The van der Waals surface area contributed by atoms with Crippen molar-refractivity contribution in [2.45, 2.75) is 52.5 Å². The molecule has 0 saturated heterocycles. The van der Waals surface area contributed by atoms with Gasteiger partial charge in [0, 0.05) is 11.0 Å². The highest BCUT2D eigenvalue weighted by molar-refractivity contribution is 5.66. The number of carbonyl (C=O) groups is 1. The maximum Gasteiger partial charge on any atom is 0.303 e. The summed E-state index contributed by atoms with van der Waals surface area (Å²) in [5.41, 5.74) is -0.679. The zero-order chi connectivity index (χ0) is 11.4. The lowest BCUT2D eigenvalue weighted by Crippen LogP contribution is -2.26. The van der Waals surface area contributed by atoms with E-state index in [2.05, 4.69) is 0 Å². The minimum absolute atomic E-state index is 0.679. The minimum Gasteiger partial charge on any atom is -0.460 e. The van der Waals surface area contributed by atoms with Crippen molar-refractivity contribution in [2.75, 3.05) is 0 Å². The highest BCUT2D eigenvalue weighted by atomic mass is 16.6. The number of hydrogen-bond donors (Lipinski definition) is 0. The molecule has 0 N–H and O–H groups in total. The number of ether oxygens (including phenoxy) is 1. The van der Waals surface area contributed by atoms with Gasteiger partial charge < -0.3 is 4.74 Å². The monoisotopic (exact) mass is 161 g/mol. The molecule has 0 rings (SSSR count). The summed E-state index contributed by atoms with van der Waals surface area (Å²) in [6.45, 7) is 2.84. The van der Waals surface area contributed by atoms with Crippen molar-refractivity contribution < 1.29 is 13.6 Å². The lowest BCUT2D eigenvalue weighted by atomic mass is 10.0. The van der Waals surface area contributed by atoms with Gasteiger partial charge in [0.25, 0.3) is 0 Å². The van der Waals surface area contributed by atoms with Gasteiger partial charge in [-0.2, -0.15) is 0 Å². The first-order chi connectivity index (χ1) is 6.19. The largest absolute Gasteiger partial charge is 0.460 e. The van der Waals surface area contributed by atoms with Crippen molar-refractivity contribution in [1.29, 1.82) is 0 Å². The molecule has 0 bridgehead atoms. The molecule has 0 atom stereocenters. The summed E-state index contributed by atoms with van der Waals surface area (Å²) in [7, 11) is 0. The molecule has 0 fully saturated rings. The maximum atomic E-state index is 11.1. The number of unbranched alkanes of at least 4 members (excludes halogenated alkanes) is 1. The summed E-state index contributed by atoms with van der Waals surface area (Å²) in [6.07, 6.45) is 2.60. The number of rotatable bonds is 4. The molecule has 66 valence electrons. The summed E-state index contributed by atoms with van der Waals surface area (Å²) >= 11 is 0. The second kappa shape index (κ2) is 4.37. The molecule has 0 aliphatic heterocycles. The molecule has 0 amide bonds. The summed E-state index contributed by atoms with van der Waals surface area (Å²) < 4.78 is 25.5. The minimum atomic E-state index is -2.65. The van der Waals surface area contributed by atoms with E-state index in [9.17, 15) is 4.79 Å². The van der Waals surface area contributed by atoms with Crippen LogP contribution in [0.25, 0.3) is 0 Å². The third kappa shape index (κ3) is 5.89. The maximum absolute atomic E-state index is 11.1. The molecule has 0 aromatic carbocycles. The Kier molecular flexibility index (Phi) is 2.40. The molecule has 0 unspecified atom stereocenters. The predicted octanol–water partition coefficient (Wildman–Crippen LogP) is 2.52. The van der Waals surface area contributed by atoms with Gasteiger partial charge >= 0.3 is 5.97 Å². The van der Waals surface area contributed by atoms with Crippen LogP contribution in [-0.4, -0.2) is 11.6 Å². The van der Waals surface area contributed by atoms with Gasteiger partial charge in [0.05, 0.1) is 0 Å². The molecular formula is C9H18O2. The van der Waals surface area contributed by atoms with Crippen LogP contribution >= 0.6 is 0 Å². The Hall–Kier alpha value is -0.530. The fraction of sp³-hybridized carbons (Fsp3) is 0.889. The molecule has 0 spiro atoms. The van der Waals surface area contributed by atoms with Gasteiger partial charge in [-0.3, -0.25) is 4.79 Å². The summed E-state index contributed by atoms with van der Waals surface area (Å²) in [5, 5.41) is 0. The molecule has 0 heterocycles. The molecule has 0 aliphatic carbocycles. The average molecular weight is 161 g/mol. The summed E-state index contributed by atoms with van der Waals surface area (Å²) in [5.74, 6) is -1.11. The van der Waals surface area contributed by atoms with Gasteiger partial charge in [-0.25, -0.2) is 0 Å². The second-order valence-electron chi connectivity index (χ2n) is 3.25. The van der Waals surface area contributed by atoms with Gasteiger partial charge in [0.1, 0.15) is 5.60 Å². The first-order valence-corrected chi connectivity index (χ1v) is 3.92. The fourth-order valence-corrected chi connectivity index (χ4v) is 0.904. The van der Waals surface area contributed by atoms with E-state index in [4.69, 9.17) is 8.85 Å². The van der Waals surface area contributed by atoms with Gasteiger partial charge in [-0.1, -0.05) is 13.3 Å². The lowest BCUT2D eigenvalue weighted by molar-refractivity contribution is -0.154. The molecule has 2 nitrogen and oxygen atoms in total. The standard InChI is InChI=1S/C9H18O2/c1-5-6-7-9(3,4)11-8(2)10/h5-7H2,1-4H3/i2D3. The number of carbonyl (C=O) groups excluding carboxylic acids is 1. The van der Waals surface area contributed by atoms with Crippen molar-refractivity contribution in [3.63, 3.8) is 0 Å². The van der Waals surface area contributed by atoms with Crippen LogP contribution in [0.4, 0.5) is 0 Å². The van der Waals surface area contributed by atoms with E-state index in [0.29, 0.717) is 6.42 Å². The van der Waals surface area contributed by atoms with Gasteiger partial charge in [0.2, 0.25) is 0 Å². The van der Waals surface area contributed by atoms with Crippen molar-refractivity contribution in [3.8, 4) is 0 Å². The van der Waals surface area contributed by atoms with Gasteiger partial charge in [-0.15, -0.1) is 0 Å². The van der Waals surface area contributed by atoms with Crippen LogP contribution in [-0.2, 0) is 9.53 Å². The number of esters is 1. The Morgan fingerprint density at radius 3 is 2.73 bits per heavy atom. The van der Waals surface area contributed by atoms with Crippen LogP contribution in [0, 0.1) is 0 Å². The first kappa shape index (κ1) is 6.04. The normalized spacial score (nSPS) is 16.5. The van der Waals surface area contributed by atoms with Crippen LogP contribution in [0.2, 0.25) is 0 Å². The van der Waals surface area contributed by atoms with E-state index in [0.717, 1.165) is 12.8 Å². The smallest absolute Gasteiger partial charge is 0.303 e. The van der Waals surface area contributed by atoms with Crippen LogP contribution in [0.1, 0.15) is 51.0 Å². The second-order valence-corrected chi connectivity index (χ2v) is 3.25. The lowest BCUT2D eigenvalue weighted by Gasteiger charge is -2.23. The molecular weight excluding hydrogens is 140 g/mol. The highest BCUT2D eigenvalue weighted by Crippen LogP contribution is 2.17. The van der Waals surface area contributed by atoms with E-state index >= 15 is 0 Å². The summed E-state index contributed by atoms with van der Waals surface area (Å²) in [6, 6.07) is 0. The van der Waals surface area contributed by atoms with E-state index in [1.54, 1.807) is 13.8 Å². The van der Waals surface area contributed by atoms with Crippen LogP contribution < -0.4 is 0 Å². The van der Waals surface area contributed by atoms with E-state index in [-0.39, 0.29) is 0 Å². The Bertz CT molecular complexity index is 197. The van der Waals surface area contributed by atoms with Gasteiger partial charge in [-0.05, 0) is 26.7 Å². The average Bonchev–Trinajstić information content (AvgIpc) is 1.98. The van der Waals surface area contributed by atoms with Crippen molar-refractivity contribution in [2.24, 2.45) is 0 Å². The quantitative estimate of drug-likeness (QED) is 0.592. The molecule has 0 saturated carbocycles. The fourth-order valence-electron chi connectivity index (χ4n) is 0.904. The van der Waals surface area contributed by atoms with Gasteiger partial charge in [0.15, 0.2) is 0 Å². The summed E-state index contributed by atoms with van der Waals surface area (Å²) in [4.78, 5) is 11.1. The molecule has 0 aromatic heterocycles. The van der Waals surface area contributed by atoms with Crippen molar-refractivity contribution >= 4 is 5.97 Å². The molecule has 0 aliphatic rings. The van der Waals surface area contributed by atoms with Crippen LogP contribution in [0.15, 0.2) is 0 Å². The molecule has 2 heteroatoms. The van der Waals surface area contributed by atoms with E-state index in [1.807, 2.05) is 6.92 Å². The Morgan fingerprint density at radius 1 is 1.64 bits per heavy atom. The van der Waals surface area contributed by atoms with Crippen LogP contribution in [0.3, 0.4) is 0 Å². The van der Waals surface area contributed by atoms with Crippen molar-refractivity contribution in [1.82, 2.24) is 0 Å². The van der Waals surface area contributed by atoms with E-state index < -0.39 is 18.4 Å². The van der Waals surface area contributed by atoms with Crippen LogP contribution in [0.5, 0.6) is 0 Å². The first-order valence-electron chi connectivity index (χ1n) is 5.42. The molecule has 0 radical (unpaired) electrons. The Morgan fingerprint density at radius 2 is 2.27 bits per heavy atom. The Labute approximate surface area is 73.1 Å². The van der Waals surface area contributed by atoms with Crippen molar-refractivity contribution in [3.05, 3.63) is 0 Å². The zero-order valence-corrected chi connectivity index (χ0v) is 7.44. The predicted molar refractivity (Wildman–Crippen MR) is 45.4 cm³/mol. The third-order valence-electron chi connectivity index (χ3n) is 1.50.